The van der Waals surface area contributed by atoms with Gasteiger partial charge in [0.25, 0.3) is 0 Å². The van der Waals surface area contributed by atoms with Crippen LogP contribution >= 0.6 is 0 Å². The zero-order valence-corrected chi connectivity index (χ0v) is 24.0. The van der Waals surface area contributed by atoms with Crippen LogP contribution in [0.1, 0.15) is 89.5 Å². The molecular formula is C32H44F2O7. The highest BCUT2D eigenvalue weighted by Crippen LogP contribution is 2.44. The van der Waals surface area contributed by atoms with E-state index in [4.69, 9.17) is 24.4 Å². The lowest BCUT2D eigenvalue weighted by molar-refractivity contribution is -0.278. The van der Waals surface area contributed by atoms with Gasteiger partial charge in [0.15, 0.2) is 0 Å². The van der Waals surface area contributed by atoms with Crippen molar-refractivity contribution in [1.82, 2.24) is 0 Å². The van der Waals surface area contributed by atoms with Crippen LogP contribution in [0.4, 0.5) is 8.78 Å². The number of hydrogen-bond donors (Lipinski definition) is 2. The lowest BCUT2D eigenvalue weighted by atomic mass is 9.70. The summed E-state index contributed by atoms with van der Waals surface area (Å²) in [4.78, 5) is 24.2. The van der Waals surface area contributed by atoms with E-state index in [2.05, 4.69) is 20.1 Å². The van der Waals surface area contributed by atoms with Gasteiger partial charge in [0.05, 0.1) is 36.0 Å². The predicted molar refractivity (Wildman–Crippen MR) is 150 cm³/mol. The molecule has 9 heteroatoms. The summed E-state index contributed by atoms with van der Waals surface area (Å²) in [5.74, 6) is -0.733. The standard InChI is InChI=1S/C32H44F2O7/c1-4-5-6-7-23-8-10-24(11-9-23)25-12-14-27(15-13-25)41-32(33,34)26-16-28(39-30(37)21(2)19-35)18-29(17-26)40-31(38)22(3)20-36/h16-18,23-25,27,35-36H,2-15,19-20H2,1H3. The van der Waals surface area contributed by atoms with Crippen molar-refractivity contribution in [2.75, 3.05) is 13.2 Å². The molecule has 1 aromatic carbocycles. The molecule has 0 unspecified atom stereocenters. The number of benzene rings is 1. The van der Waals surface area contributed by atoms with Gasteiger partial charge in [-0.15, -0.1) is 0 Å². The fourth-order valence-electron chi connectivity index (χ4n) is 5.93. The van der Waals surface area contributed by atoms with Crippen LogP contribution in [-0.2, 0) is 20.4 Å². The van der Waals surface area contributed by atoms with Crippen molar-refractivity contribution in [3.63, 3.8) is 0 Å². The smallest absolute Gasteiger partial charge is 0.383 e. The van der Waals surface area contributed by atoms with Crippen molar-refractivity contribution in [3.8, 4) is 11.5 Å². The number of carbonyl (C=O) groups is 2. The van der Waals surface area contributed by atoms with Crippen molar-refractivity contribution in [1.29, 1.82) is 0 Å². The summed E-state index contributed by atoms with van der Waals surface area (Å²) in [6.07, 6.45) is 8.51. The Morgan fingerprint density at radius 3 is 1.78 bits per heavy atom. The van der Waals surface area contributed by atoms with Crippen molar-refractivity contribution >= 4 is 11.9 Å². The summed E-state index contributed by atoms with van der Waals surface area (Å²) in [7, 11) is 0. The Bertz CT molecular complexity index is 1010. The second kappa shape index (κ2) is 15.6. The van der Waals surface area contributed by atoms with E-state index in [1.165, 1.54) is 51.4 Å². The number of ether oxygens (including phenoxy) is 3. The lowest BCUT2D eigenvalue weighted by Gasteiger charge is -2.38. The Kier molecular flexibility index (Phi) is 12.5. The van der Waals surface area contributed by atoms with Crippen LogP contribution in [0.25, 0.3) is 0 Å². The first-order valence-corrected chi connectivity index (χ1v) is 14.8. The summed E-state index contributed by atoms with van der Waals surface area (Å²) >= 11 is 0. The molecule has 0 atom stereocenters. The van der Waals surface area contributed by atoms with E-state index in [-0.39, 0.29) is 22.6 Å². The Hall–Kier alpha value is -2.62. The van der Waals surface area contributed by atoms with Gasteiger partial charge in [-0.1, -0.05) is 58.6 Å². The Balaban J connectivity index is 1.63. The second-order valence-electron chi connectivity index (χ2n) is 11.4. The highest BCUT2D eigenvalue weighted by Gasteiger charge is 2.40. The molecule has 0 radical (unpaired) electrons. The molecule has 0 saturated heterocycles. The molecule has 0 bridgehead atoms. The monoisotopic (exact) mass is 578 g/mol. The molecule has 0 amide bonds. The van der Waals surface area contributed by atoms with E-state index < -0.39 is 42.9 Å². The van der Waals surface area contributed by atoms with E-state index in [1.54, 1.807) is 0 Å². The SMILES string of the molecule is C=C(CO)C(=O)Oc1cc(OC(=O)C(=C)CO)cc(C(F)(F)OC2CCC(C3CCC(CCCCC)CC3)CC2)c1. The highest BCUT2D eigenvalue weighted by molar-refractivity contribution is 5.90. The number of aliphatic hydroxyl groups excluding tert-OH is 2. The third-order valence-corrected chi connectivity index (χ3v) is 8.40. The predicted octanol–water partition coefficient (Wildman–Crippen LogP) is 6.61. The third kappa shape index (κ3) is 9.72. The van der Waals surface area contributed by atoms with Crippen LogP contribution in [0.15, 0.2) is 42.5 Å². The number of carbonyl (C=O) groups excluding carboxylic acids is 2. The molecule has 2 fully saturated rings. The van der Waals surface area contributed by atoms with Crippen LogP contribution in [0.3, 0.4) is 0 Å². The first kappa shape index (κ1) is 32.9. The molecule has 0 spiro atoms. The van der Waals surface area contributed by atoms with E-state index in [1.807, 2.05) is 0 Å². The average Bonchev–Trinajstić information content (AvgIpc) is 2.96. The molecule has 2 saturated carbocycles. The molecule has 7 nitrogen and oxygen atoms in total. The third-order valence-electron chi connectivity index (χ3n) is 8.40. The van der Waals surface area contributed by atoms with E-state index >= 15 is 8.78 Å². The Morgan fingerprint density at radius 1 is 0.829 bits per heavy atom. The fraction of sp³-hybridized carbons (Fsp3) is 0.625. The number of aliphatic hydroxyl groups is 2. The van der Waals surface area contributed by atoms with Crippen molar-refractivity contribution < 1.29 is 42.8 Å². The van der Waals surface area contributed by atoms with Gasteiger partial charge < -0.3 is 24.4 Å². The zero-order valence-electron chi connectivity index (χ0n) is 24.0. The van der Waals surface area contributed by atoms with Gasteiger partial charge in [-0.05, 0) is 68.4 Å². The van der Waals surface area contributed by atoms with Gasteiger partial charge >= 0.3 is 18.0 Å². The molecule has 0 heterocycles. The number of esters is 2. The van der Waals surface area contributed by atoms with Gasteiger partial charge in [0.2, 0.25) is 0 Å². The largest absolute Gasteiger partial charge is 0.423 e. The first-order valence-electron chi connectivity index (χ1n) is 14.8. The maximum atomic E-state index is 15.4. The molecular weight excluding hydrogens is 534 g/mol. The van der Waals surface area contributed by atoms with Crippen molar-refractivity contribution in [3.05, 3.63) is 48.1 Å². The van der Waals surface area contributed by atoms with E-state index in [9.17, 15) is 9.59 Å². The van der Waals surface area contributed by atoms with Gasteiger partial charge in [-0.2, -0.15) is 8.78 Å². The van der Waals surface area contributed by atoms with Crippen LogP contribution in [-0.4, -0.2) is 41.5 Å². The minimum Gasteiger partial charge on any atom is -0.423 e. The summed E-state index contributed by atoms with van der Waals surface area (Å²) in [5, 5.41) is 18.2. The molecule has 0 aromatic heterocycles. The van der Waals surface area contributed by atoms with E-state index in [0.717, 1.165) is 37.0 Å². The normalized spacial score (nSPS) is 23.0. The minimum absolute atomic E-state index is 0.285. The number of alkyl halides is 2. The summed E-state index contributed by atoms with van der Waals surface area (Å²) in [5.41, 5.74) is -1.24. The van der Waals surface area contributed by atoms with Crippen LogP contribution in [0.5, 0.6) is 11.5 Å². The number of rotatable bonds is 14. The summed E-state index contributed by atoms with van der Waals surface area (Å²) in [6.45, 7) is 7.58. The number of hydrogen-bond acceptors (Lipinski definition) is 7. The highest BCUT2D eigenvalue weighted by atomic mass is 19.3. The quantitative estimate of drug-likeness (QED) is 0.111. The topological polar surface area (TPSA) is 102 Å². The minimum atomic E-state index is -3.76. The Labute approximate surface area is 241 Å². The molecule has 0 aliphatic heterocycles. The van der Waals surface area contributed by atoms with Gasteiger partial charge in [-0.3, -0.25) is 0 Å². The Morgan fingerprint density at radius 2 is 1.32 bits per heavy atom. The van der Waals surface area contributed by atoms with Gasteiger partial charge in [0.1, 0.15) is 11.5 Å². The maximum absolute atomic E-state index is 15.4. The number of unbranched alkanes of at least 4 members (excludes halogenated alkanes) is 2. The van der Waals surface area contributed by atoms with Crippen LogP contribution < -0.4 is 9.47 Å². The maximum Gasteiger partial charge on any atom is 0.383 e. The molecule has 2 aliphatic rings. The van der Waals surface area contributed by atoms with Gasteiger partial charge in [-0.25, -0.2) is 9.59 Å². The average molecular weight is 579 g/mol. The first-order chi connectivity index (χ1) is 19.6. The molecule has 228 valence electrons. The molecule has 2 aliphatic carbocycles. The summed E-state index contributed by atoms with van der Waals surface area (Å²) < 4.78 is 46.3. The molecule has 3 rings (SSSR count). The molecule has 1 aromatic rings. The van der Waals surface area contributed by atoms with Crippen LogP contribution in [0, 0.1) is 17.8 Å². The molecule has 41 heavy (non-hydrogen) atoms. The second-order valence-corrected chi connectivity index (χ2v) is 11.4. The van der Waals surface area contributed by atoms with Crippen molar-refractivity contribution in [2.24, 2.45) is 17.8 Å². The number of halogens is 2. The molecule has 2 N–H and O–H groups in total. The zero-order chi connectivity index (χ0) is 30.0. The lowest BCUT2D eigenvalue weighted by Crippen LogP contribution is -2.32. The van der Waals surface area contributed by atoms with Gasteiger partial charge in [0, 0.05) is 6.07 Å². The van der Waals surface area contributed by atoms with E-state index in [0.29, 0.717) is 24.7 Å². The van der Waals surface area contributed by atoms with Crippen molar-refractivity contribution in [2.45, 2.75) is 96.2 Å². The van der Waals surface area contributed by atoms with Crippen LogP contribution in [0.2, 0.25) is 0 Å². The fourth-order valence-corrected chi connectivity index (χ4v) is 5.93. The summed E-state index contributed by atoms with van der Waals surface area (Å²) in [6, 6.07) is 2.91.